The van der Waals surface area contributed by atoms with Crippen LogP contribution in [-0.2, 0) is 19.1 Å². The van der Waals surface area contributed by atoms with E-state index >= 15 is 0 Å². The van der Waals surface area contributed by atoms with E-state index in [-0.39, 0.29) is 5.92 Å². The molecule has 2 fully saturated rings. The number of hydrogen-bond acceptors (Lipinski definition) is 4. The quantitative estimate of drug-likeness (QED) is 0.583. The lowest BCUT2D eigenvalue weighted by Gasteiger charge is -2.35. The van der Waals surface area contributed by atoms with Gasteiger partial charge in [0.2, 0.25) is 0 Å². The standard InChI is InChI=1S/C15H24O4/c1-4-10-9-15(13(16)18-2,14(17)19-3)12-8-6-5-7-11(10)12/h10-12H,4-9H2,1-3H3/t10-,11+,12+/m0/s1. The largest absolute Gasteiger partial charge is 0.468 e. The number of carbonyl (C=O) groups excluding carboxylic acids is 2. The molecule has 19 heavy (non-hydrogen) atoms. The molecule has 2 aliphatic rings. The fourth-order valence-corrected chi connectivity index (χ4v) is 4.42. The third-order valence-electron chi connectivity index (χ3n) is 5.27. The van der Waals surface area contributed by atoms with Crippen molar-refractivity contribution in [2.24, 2.45) is 23.2 Å². The highest BCUT2D eigenvalue weighted by molar-refractivity contribution is 6.01. The molecule has 2 aliphatic carbocycles. The zero-order chi connectivity index (χ0) is 14.0. The number of ether oxygens (including phenoxy) is 2. The average molecular weight is 268 g/mol. The van der Waals surface area contributed by atoms with E-state index in [0.717, 1.165) is 25.7 Å². The average Bonchev–Trinajstić information content (AvgIpc) is 2.81. The number of fused-ring (bicyclic) bond motifs is 1. The van der Waals surface area contributed by atoms with E-state index in [4.69, 9.17) is 9.47 Å². The Balaban J connectivity index is 2.41. The Morgan fingerprint density at radius 1 is 1.11 bits per heavy atom. The molecular formula is C15H24O4. The van der Waals surface area contributed by atoms with Gasteiger partial charge in [0.15, 0.2) is 5.41 Å². The van der Waals surface area contributed by atoms with Crippen LogP contribution in [-0.4, -0.2) is 26.2 Å². The monoisotopic (exact) mass is 268 g/mol. The second-order valence-corrected chi connectivity index (χ2v) is 5.88. The molecular weight excluding hydrogens is 244 g/mol. The van der Waals surface area contributed by atoms with Gasteiger partial charge in [-0.1, -0.05) is 26.2 Å². The highest BCUT2D eigenvalue weighted by Crippen LogP contribution is 2.58. The summed E-state index contributed by atoms with van der Waals surface area (Å²) in [5.74, 6) is 0.214. The smallest absolute Gasteiger partial charge is 0.323 e. The molecule has 0 aromatic rings. The van der Waals surface area contributed by atoms with Gasteiger partial charge in [0.25, 0.3) is 0 Å². The van der Waals surface area contributed by atoms with Crippen molar-refractivity contribution in [1.29, 1.82) is 0 Å². The van der Waals surface area contributed by atoms with Gasteiger partial charge in [-0.15, -0.1) is 0 Å². The summed E-state index contributed by atoms with van der Waals surface area (Å²) in [5.41, 5.74) is -1.05. The van der Waals surface area contributed by atoms with E-state index in [1.165, 1.54) is 20.6 Å². The zero-order valence-corrected chi connectivity index (χ0v) is 12.1. The zero-order valence-electron chi connectivity index (χ0n) is 12.1. The molecule has 0 saturated heterocycles. The molecule has 0 heterocycles. The van der Waals surface area contributed by atoms with Crippen molar-refractivity contribution in [3.8, 4) is 0 Å². The molecule has 0 amide bonds. The summed E-state index contributed by atoms with van der Waals surface area (Å²) in [6.07, 6.45) is 5.96. The highest BCUT2D eigenvalue weighted by atomic mass is 16.5. The molecule has 3 atom stereocenters. The van der Waals surface area contributed by atoms with Gasteiger partial charge in [0.1, 0.15) is 0 Å². The van der Waals surface area contributed by atoms with Crippen molar-refractivity contribution >= 4 is 11.9 Å². The molecule has 0 aromatic heterocycles. The first kappa shape index (κ1) is 14.4. The van der Waals surface area contributed by atoms with Gasteiger partial charge in [0.05, 0.1) is 14.2 Å². The Bertz CT molecular complexity index is 347. The minimum atomic E-state index is -1.05. The summed E-state index contributed by atoms with van der Waals surface area (Å²) in [5, 5.41) is 0. The van der Waals surface area contributed by atoms with E-state index in [1.54, 1.807) is 0 Å². The van der Waals surface area contributed by atoms with Gasteiger partial charge in [-0.25, -0.2) is 0 Å². The number of hydrogen-bond donors (Lipinski definition) is 0. The van der Waals surface area contributed by atoms with Gasteiger partial charge >= 0.3 is 11.9 Å². The van der Waals surface area contributed by atoms with Gasteiger partial charge in [-0.3, -0.25) is 9.59 Å². The molecule has 0 aromatic carbocycles. The molecule has 4 heteroatoms. The van der Waals surface area contributed by atoms with Crippen LogP contribution >= 0.6 is 0 Å². The maximum Gasteiger partial charge on any atom is 0.323 e. The second kappa shape index (κ2) is 5.51. The van der Waals surface area contributed by atoms with Crippen LogP contribution in [0.15, 0.2) is 0 Å². The highest BCUT2D eigenvalue weighted by Gasteiger charge is 2.63. The number of rotatable bonds is 3. The fourth-order valence-electron chi connectivity index (χ4n) is 4.42. The first-order chi connectivity index (χ1) is 9.11. The van der Waals surface area contributed by atoms with Gasteiger partial charge in [0, 0.05) is 0 Å². The molecule has 0 unspecified atom stereocenters. The molecule has 0 aliphatic heterocycles. The lowest BCUT2D eigenvalue weighted by Crippen LogP contribution is -2.46. The van der Waals surface area contributed by atoms with Gasteiger partial charge in [-0.05, 0) is 37.0 Å². The number of methoxy groups -OCH3 is 2. The van der Waals surface area contributed by atoms with Crippen molar-refractivity contribution < 1.29 is 19.1 Å². The predicted molar refractivity (Wildman–Crippen MR) is 70.3 cm³/mol. The SMILES string of the molecule is CC[C@H]1CC(C(=O)OC)(C(=O)OC)[C@@H]2CCCC[C@H]12. The van der Waals surface area contributed by atoms with E-state index in [9.17, 15) is 9.59 Å². The molecule has 0 N–H and O–H groups in total. The van der Waals surface area contributed by atoms with Crippen LogP contribution < -0.4 is 0 Å². The third-order valence-corrected chi connectivity index (χ3v) is 5.27. The van der Waals surface area contributed by atoms with Crippen molar-refractivity contribution in [1.82, 2.24) is 0 Å². The Labute approximate surface area is 114 Å². The summed E-state index contributed by atoms with van der Waals surface area (Å²) in [6, 6.07) is 0. The van der Waals surface area contributed by atoms with E-state index in [0.29, 0.717) is 18.3 Å². The Hall–Kier alpha value is -1.06. The first-order valence-corrected chi connectivity index (χ1v) is 7.28. The summed E-state index contributed by atoms with van der Waals surface area (Å²) in [7, 11) is 2.73. The normalized spacial score (nSPS) is 32.5. The minimum Gasteiger partial charge on any atom is -0.468 e. The van der Waals surface area contributed by atoms with Crippen LogP contribution in [0.2, 0.25) is 0 Å². The van der Waals surface area contributed by atoms with Crippen LogP contribution in [0.25, 0.3) is 0 Å². The molecule has 0 spiro atoms. The molecule has 0 radical (unpaired) electrons. The molecule has 2 rings (SSSR count). The Kier molecular flexibility index (Phi) is 4.16. The maximum atomic E-state index is 12.3. The lowest BCUT2D eigenvalue weighted by molar-refractivity contribution is -0.173. The minimum absolute atomic E-state index is 0.103. The number of carbonyl (C=O) groups is 2. The Morgan fingerprint density at radius 3 is 2.21 bits per heavy atom. The van der Waals surface area contributed by atoms with Crippen molar-refractivity contribution in [3.05, 3.63) is 0 Å². The van der Waals surface area contributed by atoms with Crippen LogP contribution in [0, 0.1) is 23.2 Å². The van der Waals surface area contributed by atoms with E-state index in [2.05, 4.69) is 6.92 Å². The van der Waals surface area contributed by atoms with Crippen LogP contribution in [0.4, 0.5) is 0 Å². The third kappa shape index (κ3) is 2.05. The van der Waals surface area contributed by atoms with Crippen LogP contribution in [0.3, 0.4) is 0 Å². The van der Waals surface area contributed by atoms with Crippen molar-refractivity contribution in [3.63, 3.8) is 0 Å². The summed E-state index contributed by atoms with van der Waals surface area (Å²) < 4.78 is 9.93. The van der Waals surface area contributed by atoms with Crippen molar-refractivity contribution in [2.45, 2.75) is 45.4 Å². The fraction of sp³-hybridized carbons (Fsp3) is 0.867. The summed E-state index contributed by atoms with van der Waals surface area (Å²) in [6.45, 7) is 2.14. The molecule has 2 saturated carbocycles. The topological polar surface area (TPSA) is 52.6 Å². The maximum absolute atomic E-state index is 12.3. The van der Waals surface area contributed by atoms with E-state index < -0.39 is 17.4 Å². The van der Waals surface area contributed by atoms with Gasteiger partial charge < -0.3 is 9.47 Å². The van der Waals surface area contributed by atoms with Gasteiger partial charge in [-0.2, -0.15) is 0 Å². The van der Waals surface area contributed by atoms with E-state index in [1.807, 2.05) is 0 Å². The Morgan fingerprint density at radius 2 is 1.68 bits per heavy atom. The number of esters is 2. The summed E-state index contributed by atoms with van der Waals surface area (Å²) >= 11 is 0. The molecule has 108 valence electrons. The van der Waals surface area contributed by atoms with Crippen LogP contribution in [0.5, 0.6) is 0 Å². The predicted octanol–water partition coefficient (Wildman–Crippen LogP) is 2.56. The lowest BCUT2D eigenvalue weighted by atomic mass is 9.69. The van der Waals surface area contributed by atoms with Crippen molar-refractivity contribution in [2.75, 3.05) is 14.2 Å². The van der Waals surface area contributed by atoms with Crippen LogP contribution in [0.1, 0.15) is 45.4 Å². The molecule has 0 bridgehead atoms. The second-order valence-electron chi connectivity index (χ2n) is 5.88. The summed E-state index contributed by atoms with van der Waals surface area (Å²) in [4.78, 5) is 24.7. The molecule has 4 nitrogen and oxygen atoms in total. The first-order valence-electron chi connectivity index (χ1n) is 7.28.